The number of nitrogens with zero attached hydrogens (tertiary/aromatic N) is 3. The standard InChI is InChI=1S/C31H33NO3.C29H29NO3.C19H24BrNO3.C12H10BO2/c1-7-34-30(33)29(35-31(4,5)6)27-20(2)19-26-25(18-13-21(3)32-26)28(27)24-16-14-23(15-17-24)22-11-9-8-10-12-22;1-18-17-24-23(16-11-19(2)30-24)26(25(18)27(28(31)32)33-29(3,4)5)22-14-12-21(13-15-22)20-9-7-6-8-10-20;1-7-23-18(22)17(24-19(4,5)6)15-11(2)10-14-13(16(15)20)9-8-12(3)21-14;14-13-15-12-8-6-11(7-9-12)10-4-2-1-3-5-10/h8-19,29H,7H2,1-6H3;6-17,27H,1-5H3,(H,31,32);8-10,17H,7H2,1-6H3;1-9,14H. The number of pyridine rings is 3. The molecule has 0 saturated heterocycles. The number of carbonyl (C=O) groups is 3. The Morgan fingerprint density at radius 2 is 0.682 bits per heavy atom. The maximum Gasteiger partial charge on any atom is 0.569 e. The smallest absolute Gasteiger partial charge is 0.537 e. The van der Waals surface area contributed by atoms with Crippen molar-refractivity contribution in [3.05, 3.63) is 273 Å². The van der Waals surface area contributed by atoms with Gasteiger partial charge in [-0.3, -0.25) is 15.0 Å². The first kappa shape index (κ1) is 80.9. The fourth-order valence-electron chi connectivity index (χ4n) is 12.7. The highest BCUT2D eigenvalue weighted by atomic mass is 79.9. The van der Waals surface area contributed by atoms with Crippen LogP contribution in [0.25, 0.3) is 88.3 Å². The molecule has 9 aromatic carbocycles. The van der Waals surface area contributed by atoms with E-state index in [1.54, 1.807) is 6.92 Å². The number of carbonyl (C=O) groups excluding carboxylic acids is 2. The molecule has 14 nitrogen and oxygen atoms in total. The van der Waals surface area contributed by atoms with Gasteiger partial charge in [0.25, 0.3) is 0 Å². The fourth-order valence-corrected chi connectivity index (χ4v) is 13.5. The minimum Gasteiger partial charge on any atom is -0.537 e. The summed E-state index contributed by atoms with van der Waals surface area (Å²) >= 11 is 3.66. The minimum atomic E-state index is -1.10. The molecule has 0 aliphatic carbocycles. The number of rotatable bonds is 18. The number of carboxylic acids is 1. The number of hydrogen-bond donors (Lipinski definition) is 2. The predicted molar refractivity (Wildman–Crippen MR) is 435 cm³/mol. The van der Waals surface area contributed by atoms with Crippen molar-refractivity contribution in [2.45, 2.75) is 153 Å². The molecule has 3 atom stereocenters. The number of hydrogen-bond acceptors (Lipinski definition) is 13. The highest BCUT2D eigenvalue weighted by Crippen LogP contribution is 2.44. The molecule has 16 heteroatoms. The Hall–Kier alpha value is -10.2. The number of esters is 2. The molecule has 3 unspecified atom stereocenters. The Morgan fingerprint density at radius 3 is 1.02 bits per heavy atom. The average molecular weight is 1500 g/mol. The maximum atomic E-state index is 13.2. The Kier molecular flexibility index (Phi) is 27.2. The second-order valence-electron chi connectivity index (χ2n) is 29.1. The molecular formula is C91H96BBrN3O11. The lowest BCUT2D eigenvalue weighted by atomic mass is 9.87. The third kappa shape index (κ3) is 21.3. The molecule has 3 heterocycles. The molecule has 0 aliphatic rings. The number of ether oxygens (including phenoxy) is 5. The summed E-state index contributed by atoms with van der Waals surface area (Å²) in [5.41, 5.74) is 19.4. The van der Waals surface area contributed by atoms with Crippen LogP contribution in [0.1, 0.15) is 145 Å². The van der Waals surface area contributed by atoms with Crippen LogP contribution in [-0.4, -0.2) is 80.7 Å². The predicted octanol–water partition coefficient (Wildman–Crippen LogP) is 22.0. The van der Waals surface area contributed by atoms with Gasteiger partial charge in [0, 0.05) is 54.4 Å². The first-order valence-corrected chi connectivity index (χ1v) is 36.7. The normalized spacial score (nSPS) is 12.3. The number of aliphatic carboxylic acids is 1. The topological polar surface area (TPSA) is 186 Å². The lowest BCUT2D eigenvalue weighted by molar-refractivity contribution is -0.167. The number of carboxylic acid groups (broad SMARTS) is 1. The molecule has 0 saturated carbocycles. The van der Waals surface area contributed by atoms with Crippen molar-refractivity contribution in [1.82, 2.24) is 15.0 Å². The molecule has 12 rings (SSSR count). The number of fused-ring (bicyclic) bond motifs is 3. The van der Waals surface area contributed by atoms with Gasteiger partial charge in [0.05, 0.1) is 46.6 Å². The highest BCUT2D eigenvalue weighted by Gasteiger charge is 2.36. The SMILES string of the molecule is CCOC(=O)C(OC(C)(C)C)c1c(C)cc2nc(C)ccc2c1-c1ccc(-c2ccccc2)cc1.CCOC(=O)C(OC(C)(C)C)c1c(C)cc2nc(C)ccc2c1Br.Cc1ccc2c(-c3ccc(-c4ccccc4)cc3)c(C(OC(C)(C)C)C(=O)O)c(C)cc2n1.O[B]Oc1ccc(-c2ccccc2)cc1. The lowest BCUT2D eigenvalue weighted by Crippen LogP contribution is -2.29. The van der Waals surface area contributed by atoms with Crippen molar-refractivity contribution < 1.29 is 52.9 Å². The quantitative estimate of drug-likeness (QED) is 0.0610. The summed E-state index contributed by atoms with van der Waals surface area (Å²) in [5, 5.41) is 21.5. The molecule has 2 N–H and O–H groups in total. The number of benzene rings is 9. The van der Waals surface area contributed by atoms with Crippen molar-refractivity contribution in [2.24, 2.45) is 0 Å². The molecule has 0 amide bonds. The van der Waals surface area contributed by atoms with E-state index < -0.39 is 41.1 Å². The van der Waals surface area contributed by atoms with E-state index in [0.29, 0.717) is 25.6 Å². The number of aryl methyl sites for hydroxylation is 6. The summed E-state index contributed by atoms with van der Waals surface area (Å²) in [6.45, 7) is 33.3. The zero-order chi connectivity index (χ0) is 77.5. The molecule has 12 aromatic rings. The van der Waals surface area contributed by atoms with Crippen molar-refractivity contribution in [2.75, 3.05) is 13.2 Å². The minimum absolute atomic E-state index is 0.289. The summed E-state index contributed by atoms with van der Waals surface area (Å²) < 4.78 is 34.9. The third-order valence-corrected chi connectivity index (χ3v) is 18.1. The van der Waals surface area contributed by atoms with Crippen LogP contribution in [0.4, 0.5) is 0 Å². The van der Waals surface area contributed by atoms with Gasteiger partial charge < -0.3 is 38.5 Å². The molecule has 0 fully saturated rings. The van der Waals surface area contributed by atoms with Crippen LogP contribution in [0.3, 0.4) is 0 Å². The van der Waals surface area contributed by atoms with Gasteiger partial charge in [-0.05, 0) is 261 Å². The van der Waals surface area contributed by atoms with E-state index in [9.17, 15) is 19.5 Å². The first-order valence-electron chi connectivity index (χ1n) is 35.9. The van der Waals surface area contributed by atoms with E-state index in [1.165, 1.54) is 0 Å². The number of aromatic nitrogens is 3. The summed E-state index contributed by atoms with van der Waals surface area (Å²) in [7, 11) is 0.678. The van der Waals surface area contributed by atoms with Crippen molar-refractivity contribution in [3.8, 4) is 61.4 Å². The van der Waals surface area contributed by atoms with Crippen LogP contribution in [-0.2, 0) is 38.1 Å². The van der Waals surface area contributed by atoms with E-state index in [2.05, 4.69) is 99.8 Å². The Morgan fingerprint density at radius 1 is 0.393 bits per heavy atom. The van der Waals surface area contributed by atoms with Gasteiger partial charge in [0.1, 0.15) is 5.75 Å². The summed E-state index contributed by atoms with van der Waals surface area (Å²) in [4.78, 5) is 52.2. The van der Waals surface area contributed by atoms with E-state index in [4.69, 9.17) is 43.3 Å². The molecule has 0 bridgehead atoms. The van der Waals surface area contributed by atoms with Gasteiger partial charge in [-0.2, -0.15) is 0 Å². The summed E-state index contributed by atoms with van der Waals surface area (Å²) in [6, 6.07) is 72.8. The fraction of sp³-hybridized carbons (Fsp3) is 0.275. The van der Waals surface area contributed by atoms with Gasteiger partial charge in [0.2, 0.25) is 0 Å². The van der Waals surface area contributed by atoms with E-state index >= 15 is 0 Å². The van der Waals surface area contributed by atoms with Gasteiger partial charge in [-0.25, -0.2) is 14.4 Å². The van der Waals surface area contributed by atoms with Gasteiger partial charge >= 0.3 is 25.6 Å². The highest BCUT2D eigenvalue weighted by molar-refractivity contribution is 9.10. The van der Waals surface area contributed by atoms with E-state index in [-0.39, 0.29) is 18.5 Å². The summed E-state index contributed by atoms with van der Waals surface area (Å²) in [5.74, 6) is -1.14. The summed E-state index contributed by atoms with van der Waals surface area (Å²) in [6.07, 6.45) is -2.74. The van der Waals surface area contributed by atoms with E-state index in [1.807, 2.05) is 250 Å². The van der Waals surface area contributed by atoms with Gasteiger partial charge in [-0.1, -0.05) is 164 Å². The Labute approximate surface area is 639 Å². The van der Waals surface area contributed by atoms with Gasteiger partial charge in [0.15, 0.2) is 18.3 Å². The molecule has 1 radical (unpaired) electrons. The van der Waals surface area contributed by atoms with Crippen LogP contribution < -0.4 is 4.65 Å². The van der Waals surface area contributed by atoms with Crippen LogP contribution >= 0.6 is 15.9 Å². The molecule has 0 spiro atoms. The zero-order valence-corrected chi connectivity index (χ0v) is 65.9. The largest absolute Gasteiger partial charge is 0.569 e. The van der Waals surface area contributed by atoms with Crippen molar-refractivity contribution in [3.63, 3.8) is 0 Å². The average Bonchev–Trinajstić information content (AvgIpc) is 0.759. The van der Waals surface area contributed by atoms with Crippen molar-refractivity contribution in [1.29, 1.82) is 0 Å². The van der Waals surface area contributed by atoms with E-state index in [0.717, 1.165) is 138 Å². The Bertz CT molecular complexity index is 5040. The zero-order valence-electron chi connectivity index (χ0n) is 64.3. The van der Waals surface area contributed by atoms with Crippen LogP contribution in [0.2, 0.25) is 0 Å². The van der Waals surface area contributed by atoms with Crippen LogP contribution in [0.5, 0.6) is 5.75 Å². The van der Waals surface area contributed by atoms with Gasteiger partial charge in [-0.15, -0.1) is 0 Å². The monoisotopic (exact) mass is 1500 g/mol. The van der Waals surface area contributed by atoms with Crippen molar-refractivity contribution >= 4 is 74.2 Å². The molecule has 0 aliphatic heterocycles. The lowest BCUT2D eigenvalue weighted by Gasteiger charge is -2.29. The second kappa shape index (κ2) is 35.9. The molecular weight excluding hydrogens is 1400 g/mol. The number of halogens is 1. The molecule has 551 valence electrons. The second-order valence-corrected chi connectivity index (χ2v) is 29.9. The Balaban J connectivity index is 0.000000171. The third-order valence-electron chi connectivity index (χ3n) is 17.2. The van der Waals surface area contributed by atoms with Crippen LogP contribution in [0.15, 0.2) is 223 Å². The first-order chi connectivity index (χ1) is 50.8. The maximum absolute atomic E-state index is 13.2. The molecule has 107 heavy (non-hydrogen) atoms. The molecule has 3 aromatic heterocycles. The van der Waals surface area contributed by atoms with Crippen LogP contribution in [0, 0.1) is 41.5 Å².